The number of pyridine rings is 1. The number of aryl methyl sites for hydroxylation is 1. The van der Waals surface area contributed by atoms with Gasteiger partial charge in [0, 0.05) is 17.8 Å². The van der Waals surface area contributed by atoms with Crippen molar-refractivity contribution in [1.82, 2.24) is 25.5 Å². The lowest BCUT2D eigenvalue weighted by Gasteiger charge is -2.12. The van der Waals surface area contributed by atoms with Gasteiger partial charge in [-0.15, -0.1) is 0 Å². The molecule has 3 N–H and O–H groups in total. The highest BCUT2D eigenvalue weighted by Gasteiger charge is 2.14. The lowest BCUT2D eigenvalue weighted by atomic mass is 10.2. The van der Waals surface area contributed by atoms with Crippen LogP contribution >= 0.6 is 0 Å². The highest BCUT2D eigenvalue weighted by molar-refractivity contribution is 5.95. The van der Waals surface area contributed by atoms with Gasteiger partial charge in [-0.1, -0.05) is 6.92 Å². The number of rotatable bonds is 6. The zero-order chi connectivity index (χ0) is 15.2. The van der Waals surface area contributed by atoms with Gasteiger partial charge in [-0.05, 0) is 32.4 Å². The topological polar surface area (TPSA) is 95.6 Å². The summed E-state index contributed by atoms with van der Waals surface area (Å²) in [5.41, 5.74) is 1.38. The van der Waals surface area contributed by atoms with Crippen molar-refractivity contribution in [2.45, 2.75) is 33.2 Å². The summed E-state index contributed by atoms with van der Waals surface area (Å²) in [5.74, 6) is 1.18. The zero-order valence-corrected chi connectivity index (χ0v) is 12.5. The average Bonchev–Trinajstić information content (AvgIpc) is 2.98. The molecule has 0 fully saturated rings. The van der Waals surface area contributed by atoms with E-state index in [0.29, 0.717) is 17.2 Å². The Balaban J connectivity index is 2.09. The van der Waals surface area contributed by atoms with Crippen molar-refractivity contribution in [3.05, 3.63) is 35.5 Å². The number of anilines is 1. The number of hydrogen-bond donors (Lipinski definition) is 3. The van der Waals surface area contributed by atoms with E-state index in [4.69, 9.17) is 0 Å². The summed E-state index contributed by atoms with van der Waals surface area (Å²) in [6.07, 6.45) is 2.42. The minimum Gasteiger partial charge on any atom is -0.370 e. The standard InChI is InChI=1S/C14H20N6O/c1-4-5-15-12-7-11(6-9(2)18-12)14(21)19-10(3)13-16-8-17-20-13/h6-8,10H,4-5H2,1-3H3,(H,15,18)(H,19,21)(H,16,17,20). The molecule has 0 saturated heterocycles. The van der Waals surface area contributed by atoms with Crippen molar-refractivity contribution in [2.75, 3.05) is 11.9 Å². The predicted molar refractivity (Wildman–Crippen MR) is 80.0 cm³/mol. The van der Waals surface area contributed by atoms with Crippen LogP contribution in [0.5, 0.6) is 0 Å². The van der Waals surface area contributed by atoms with Crippen LogP contribution in [-0.4, -0.2) is 32.6 Å². The Kier molecular flexibility index (Phi) is 4.86. The molecule has 7 nitrogen and oxygen atoms in total. The van der Waals surface area contributed by atoms with Crippen molar-refractivity contribution in [1.29, 1.82) is 0 Å². The molecule has 0 spiro atoms. The number of aromatic nitrogens is 4. The van der Waals surface area contributed by atoms with E-state index in [2.05, 4.69) is 37.7 Å². The summed E-state index contributed by atoms with van der Waals surface area (Å²) in [6.45, 7) is 6.62. The van der Waals surface area contributed by atoms with E-state index in [1.807, 2.05) is 13.8 Å². The van der Waals surface area contributed by atoms with Crippen LogP contribution < -0.4 is 10.6 Å². The molecule has 0 saturated carbocycles. The maximum atomic E-state index is 12.3. The monoisotopic (exact) mass is 288 g/mol. The molecule has 2 aromatic heterocycles. The summed E-state index contributed by atoms with van der Waals surface area (Å²) in [7, 11) is 0. The molecule has 2 heterocycles. The van der Waals surface area contributed by atoms with Gasteiger partial charge in [0.2, 0.25) is 0 Å². The molecule has 0 bridgehead atoms. The average molecular weight is 288 g/mol. The van der Waals surface area contributed by atoms with Gasteiger partial charge in [0.1, 0.15) is 18.0 Å². The van der Waals surface area contributed by atoms with Crippen LogP contribution in [0.3, 0.4) is 0 Å². The fourth-order valence-corrected chi connectivity index (χ4v) is 1.92. The first-order valence-corrected chi connectivity index (χ1v) is 6.99. The fourth-order valence-electron chi connectivity index (χ4n) is 1.92. The Bertz CT molecular complexity index is 596. The molecular formula is C14H20N6O. The Morgan fingerprint density at radius 2 is 2.24 bits per heavy atom. The van der Waals surface area contributed by atoms with Crippen molar-refractivity contribution in [3.63, 3.8) is 0 Å². The van der Waals surface area contributed by atoms with E-state index in [1.165, 1.54) is 6.33 Å². The van der Waals surface area contributed by atoms with E-state index >= 15 is 0 Å². The van der Waals surface area contributed by atoms with Crippen molar-refractivity contribution in [3.8, 4) is 0 Å². The van der Waals surface area contributed by atoms with E-state index in [-0.39, 0.29) is 11.9 Å². The third-order valence-corrected chi connectivity index (χ3v) is 2.96. The maximum absolute atomic E-state index is 12.3. The molecule has 1 atom stereocenters. The molecule has 0 aliphatic heterocycles. The number of carbonyl (C=O) groups is 1. The first-order chi connectivity index (χ1) is 10.1. The van der Waals surface area contributed by atoms with Crippen LogP contribution in [0, 0.1) is 6.92 Å². The summed E-state index contributed by atoms with van der Waals surface area (Å²) in [6, 6.07) is 3.28. The number of H-pyrrole nitrogens is 1. The third kappa shape index (κ3) is 4.01. The summed E-state index contributed by atoms with van der Waals surface area (Å²) in [5, 5.41) is 12.6. The minimum atomic E-state index is -0.236. The van der Waals surface area contributed by atoms with Crippen molar-refractivity contribution < 1.29 is 4.79 Å². The Morgan fingerprint density at radius 1 is 1.43 bits per heavy atom. The molecule has 2 aromatic rings. The van der Waals surface area contributed by atoms with E-state index < -0.39 is 0 Å². The maximum Gasteiger partial charge on any atom is 0.252 e. The number of amides is 1. The summed E-state index contributed by atoms with van der Waals surface area (Å²) >= 11 is 0. The molecule has 0 aliphatic rings. The molecule has 1 unspecified atom stereocenters. The Labute approximate surface area is 123 Å². The summed E-state index contributed by atoms with van der Waals surface area (Å²) < 4.78 is 0. The van der Waals surface area contributed by atoms with Crippen LogP contribution in [0.2, 0.25) is 0 Å². The normalized spacial score (nSPS) is 12.0. The van der Waals surface area contributed by atoms with Gasteiger partial charge in [-0.3, -0.25) is 9.89 Å². The first-order valence-electron chi connectivity index (χ1n) is 6.99. The zero-order valence-electron chi connectivity index (χ0n) is 12.5. The molecule has 21 heavy (non-hydrogen) atoms. The van der Waals surface area contributed by atoms with Crippen molar-refractivity contribution >= 4 is 11.7 Å². The molecule has 0 radical (unpaired) electrons. The molecule has 7 heteroatoms. The molecular weight excluding hydrogens is 268 g/mol. The highest BCUT2D eigenvalue weighted by atomic mass is 16.1. The number of hydrogen-bond acceptors (Lipinski definition) is 5. The first kappa shape index (κ1) is 15.0. The van der Waals surface area contributed by atoms with Crippen LogP contribution in [0.4, 0.5) is 5.82 Å². The van der Waals surface area contributed by atoms with Gasteiger partial charge in [0.05, 0.1) is 6.04 Å². The van der Waals surface area contributed by atoms with E-state index in [0.717, 1.165) is 18.7 Å². The Morgan fingerprint density at radius 3 is 2.90 bits per heavy atom. The van der Waals surface area contributed by atoms with Crippen LogP contribution in [-0.2, 0) is 0 Å². The molecule has 0 aliphatic carbocycles. The SMILES string of the molecule is CCCNc1cc(C(=O)NC(C)c2ncn[nH]2)cc(C)n1. The third-order valence-electron chi connectivity index (χ3n) is 2.96. The van der Waals surface area contributed by atoms with Gasteiger partial charge in [-0.25, -0.2) is 9.97 Å². The quantitative estimate of drug-likeness (QED) is 0.753. The second kappa shape index (κ2) is 6.83. The van der Waals surface area contributed by atoms with Crippen LogP contribution in [0.1, 0.15) is 48.2 Å². The molecule has 112 valence electrons. The van der Waals surface area contributed by atoms with Gasteiger partial charge in [-0.2, -0.15) is 5.10 Å². The van der Waals surface area contributed by atoms with E-state index in [1.54, 1.807) is 12.1 Å². The van der Waals surface area contributed by atoms with Crippen LogP contribution in [0.25, 0.3) is 0 Å². The second-order valence-corrected chi connectivity index (χ2v) is 4.88. The van der Waals surface area contributed by atoms with Gasteiger partial charge in [0.25, 0.3) is 5.91 Å². The molecule has 0 aromatic carbocycles. The lowest BCUT2D eigenvalue weighted by Crippen LogP contribution is -2.27. The fraction of sp³-hybridized carbons (Fsp3) is 0.429. The van der Waals surface area contributed by atoms with E-state index in [9.17, 15) is 4.79 Å². The number of carbonyl (C=O) groups excluding carboxylic acids is 1. The highest BCUT2D eigenvalue weighted by Crippen LogP contribution is 2.12. The van der Waals surface area contributed by atoms with Gasteiger partial charge >= 0.3 is 0 Å². The molecule has 2 rings (SSSR count). The second-order valence-electron chi connectivity index (χ2n) is 4.88. The van der Waals surface area contributed by atoms with Gasteiger partial charge < -0.3 is 10.6 Å². The summed E-state index contributed by atoms with van der Waals surface area (Å²) in [4.78, 5) is 20.7. The smallest absolute Gasteiger partial charge is 0.252 e. The number of nitrogens with zero attached hydrogens (tertiary/aromatic N) is 3. The lowest BCUT2D eigenvalue weighted by molar-refractivity contribution is 0.0938. The van der Waals surface area contributed by atoms with Gasteiger partial charge in [0.15, 0.2) is 0 Å². The van der Waals surface area contributed by atoms with Crippen LogP contribution in [0.15, 0.2) is 18.5 Å². The minimum absolute atomic E-state index is 0.163. The number of nitrogens with one attached hydrogen (secondary N) is 3. The Hall–Kier alpha value is -2.44. The number of aromatic amines is 1. The molecule has 1 amide bonds. The predicted octanol–water partition coefficient (Wildman–Crippen LogP) is 1.82. The van der Waals surface area contributed by atoms with Crippen molar-refractivity contribution in [2.24, 2.45) is 0 Å². The largest absolute Gasteiger partial charge is 0.370 e.